The molecule has 1 unspecified atom stereocenters. The summed E-state index contributed by atoms with van der Waals surface area (Å²) in [6.45, 7) is 4.09. The molecule has 2 aromatic carbocycles. The van der Waals surface area contributed by atoms with Crippen molar-refractivity contribution in [3.63, 3.8) is 0 Å². The quantitative estimate of drug-likeness (QED) is 0.557. The summed E-state index contributed by atoms with van der Waals surface area (Å²) in [6, 6.07) is 9.87. The third kappa shape index (κ3) is 4.50. The zero-order chi connectivity index (χ0) is 19.3. The summed E-state index contributed by atoms with van der Waals surface area (Å²) in [7, 11) is -2.74. The van der Waals surface area contributed by atoms with Crippen molar-refractivity contribution in [2.75, 3.05) is 13.7 Å². The highest BCUT2D eigenvalue weighted by molar-refractivity contribution is 7.89. The Kier molecular flexibility index (Phi) is 6.17. The van der Waals surface area contributed by atoms with E-state index in [1.54, 1.807) is 31.2 Å². The Labute approximate surface area is 152 Å². The number of benzene rings is 2. The van der Waals surface area contributed by atoms with E-state index in [0.717, 1.165) is 11.6 Å². The average Bonchev–Trinajstić information content (AvgIpc) is 2.61. The Morgan fingerprint density at radius 3 is 2.38 bits per heavy atom. The molecule has 0 amide bonds. The van der Waals surface area contributed by atoms with Crippen LogP contribution in [-0.4, -0.2) is 27.1 Å². The van der Waals surface area contributed by atoms with E-state index < -0.39 is 21.0 Å². The SMILES string of the molecule is CCOc1ccc(C(C)NS(=O)(=O)c2cc([N+](=O)[O-])ccc2OC)cc1. The van der Waals surface area contributed by atoms with Crippen molar-refractivity contribution in [1.29, 1.82) is 0 Å². The standard InChI is InChI=1S/C17H20N2O6S/c1-4-25-15-8-5-13(6-9-15)12(2)18-26(22,23)17-11-14(19(20)21)7-10-16(17)24-3/h5-12,18H,4H2,1-3H3. The lowest BCUT2D eigenvalue weighted by atomic mass is 10.1. The summed E-state index contributed by atoms with van der Waals surface area (Å²) in [4.78, 5) is 10.0. The number of non-ortho nitro benzene ring substituents is 1. The number of rotatable bonds is 8. The van der Waals surface area contributed by atoms with Gasteiger partial charge in [-0.05, 0) is 37.6 Å². The Bertz CT molecular complexity index is 881. The number of nitrogens with zero attached hydrogens (tertiary/aromatic N) is 1. The maximum Gasteiger partial charge on any atom is 0.271 e. The molecular formula is C17H20N2O6S. The summed E-state index contributed by atoms with van der Waals surface area (Å²) in [5, 5.41) is 10.9. The molecule has 0 aliphatic heterocycles. The summed E-state index contributed by atoms with van der Waals surface area (Å²) >= 11 is 0. The van der Waals surface area contributed by atoms with Gasteiger partial charge in [0.15, 0.2) is 0 Å². The molecule has 140 valence electrons. The van der Waals surface area contributed by atoms with Crippen molar-refractivity contribution in [1.82, 2.24) is 4.72 Å². The first-order valence-corrected chi connectivity index (χ1v) is 9.34. The predicted octanol–water partition coefficient (Wildman–Crippen LogP) is 3.04. The number of methoxy groups -OCH3 is 1. The molecule has 2 aromatic rings. The van der Waals surface area contributed by atoms with Gasteiger partial charge in [0.25, 0.3) is 5.69 Å². The van der Waals surface area contributed by atoms with Gasteiger partial charge in [-0.2, -0.15) is 0 Å². The van der Waals surface area contributed by atoms with Gasteiger partial charge in [0.2, 0.25) is 10.0 Å². The molecule has 2 rings (SSSR count). The number of nitro benzene ring substituents is 1. The summed E-state index contributed by atoms with van der Waals surface area (Å²) in [5.41, 5.74) is 0.390. The molecule has 0 saturated carbocycles. The Morgan fingerprint density at radius 1 is 1.19 bits per heavy atom. The van der Waals surface area contributed by atoms with Crippen LogP contribution in [0.5, 0.6) is 11.5 Å². The van der Waals surface area contributed by atoms with E-state index in [1.807, 2.05) is 6.92 Å². The molecule has 9 heteroatoms. The van der Waals surface area contributed by atoms with Crippen LogP contribution in [0.25, 0.3) is 0 Å². The van der Waals surface area contributed by atoms with Crippen molar-refractivity contribution in [3.05, 3.63) is 58.1 Å². The van der Waals surface area contributed by atoms with E-state index in [-0.39, 0.29) is 16.3 Å². The van der Waals surface area contributed by atoms with Crippen molar-refractivity contribution in [2.24, 2.45) is 0 Å². The van der Waals surface area contributed by atoms with E-state index in [2.05, 4.69) is 4.72 Å². The van der Waals surface area contributed by atoms with Gasteiger partial charge in [-0.15, -0.1) is 0 Å². The highest BCUT2D eigenvalue weighted by Gasteiger charge is 2.25. The number of ether oxygens (including phenoxy) is 2. The molecule has 1 N–H and O–H groups in total. The lowest BCUT2D eigenvalue weighted by Gasteiger charge is -2.16. The van der Waals surface area contributed by atoms with Gasteiger partial charge >= 0.3 is 0 Å². The van der Waals surface area contributed by atoms with Crippen molar-refractivity contribution in [3.8, 4) is 11.5 Å². The smallest absolute Gasteiger partial charge is 0.271 e. The molecule has 0 radical (unpaired) electrons. The highest BCUT2D eigenvalue weighted by atomic mass is 32.2. The number of hydrogen-bond acceptors (Lipinski definition) is 6. The minimum Gasteiger partial charge on any atom is -0.495 e. The fourth-order valence-electron chi connectivity index (χ4n) is 2.37. The summed E-state index contributed by atoms with van der Waals surface area (Å²) in [5.74, 6) is 0.716. The normalized spacial score (nSPS) is 12.4. The topological polar surface area (TPSA) is 108 Å². The van der Waals surface area contributed by atoms with E-state index in [0.29, 0.717) is 12.4 Å². The van der Waals surface area contributed by atoms with Gasteiger partial charge in [0.05, 0.1) is 18.6 Å². The van der Waals surface area contributed by atoms with Gasteiger partial charge in [-0.25, -0.2) is 13.1 Å². The van der Waals surface area contributed by atoms with Crippen LogP contribution in [-0.2, 0) is 10.0 Å². The second-order valence-corrected chi connectivity index (χ2v) is 7.12. The molecule has 0 fully saturated rings. The molecule has 8 nitrogen and oxygen atoms in total. The van der Waals surface area contributed by atoms with Crippen LogP contribution >= 0.6 is 0 Å². The average molecular weight is 380 g/mol. The van der Waals surface area contributed by atoms with Crippen LogP contribution in [0, 0.1) is 10.1 Å². The maximum absolute atomic E-state index is 12.7. The Balaban J connectivity index is 2.30. The fourth-order valence-corrected chi connectivity index (χ4v) is 3.79. The monoisotopic (exact) mass is 380 g/mol. The molecule has 26 heavy (non-hydrogen) atoms. The molecule has 0 spiro atoms. The third-order valence-corrected chi connectivity index (χ3v) is 5.23. The van der Waals surface area contributed by atoms with Crippen LogP contribution in [0.2, 0.25) is 0 Å². The minimum atomic E-state index is -4.04. The fraction of sp³-hybridized carbons (Fsp3) is 0.294. The lowest BCUT2D eigenvalue weighted by molar-refractivity contribution is -0.385. The maximum atomic E-state index is 12.7. The molecule has 1 atom stereocenters. The molecular weight excluding hydrogens is 360 g/mol. The van der Waals surface area contributed by atoms with Gasteiger partial charge in [0, 0.05) is 18.2 Å². The van der Waals surface area contributed by atoms with E-state index in [1.165, 1.54) is 19.2 Å². The second kappa shape index (κ2) is 8.15. The first kappa shape index (κ1) is 19.7. The summed E-state index contributed by atoms with van der Waals surface area (Å²) < 4.78 is 38.3. The van der Waals surface area contributed by atoms with Crippen LogP contribution < -0.4 is 14.2 Å². The minimum absolute atomic E-state index is 0.0296. The van der Waals surface area contributed by atoms with Gasteiger partial charge in [-0.1, -0.05) is 12.1 Å². The Morgan fingerprint density at radius 2 is 1.85 bits per heavy atom. The number of sulfonamides is 1. The number of hydrogen-bond donors (Lipinski definition) is 1. The first-order chi connectivity index (χ1) is 12.3. The first-order valence-electron chi connectivity index (χ1n) is 7.86. The third-order valence-electron chi connectivity index (χ3n) is 3.67. The van der Waals surface area contributed by atoms with Crippen LogP contribution in [0.3, 0.4) is 0 Å². The molecule has 0 saturated heterocycles. The summed E-state index contributed by atoms with van der Waals surface area (Å²) in [6.07, 6.45) is 0. The number of nitro groups is 1. The second-order valence-electron chi connectivity index (χ2n) is 5.44. The predicted molar refractivity (Wildman–Crippen MR) is 96.0 cm³/mol. The molecule has 0 aliphatic rings. The van der Waals surface area contributed by atoms with E-state index in [4.69, 9.17) is 9.47 Å². The largest absolute Gasteiger partial charge is 0.495 e. The Hall–Kier alpha value is -2.65. The molecule has 0 bridgehead atoms. The van der Waals surface area contributed by atoms with E-state index in [9.17, 15) is 18.5 Å². The van der Waals surface area contributed by atoms with Crippen molar-refractivity contribution < 1.29 is 22.8 Å². The zero-order valence-corrected chi connectivity index (χ0v) is 15.4. The van der Waals surface area contributed by atoms with Crippen molar-refractivity contribution in [2.45, 2.75) is 24.8 Å². The lowest BCUT2D eigenvalue weighted by Crippen LogP contribution is -2.27. The number of nitrogens with one attached hydrogen (secondary N) is 1. The molecule has 0 aliphatic carbocycles. The van der Waals surface area contributed by atoms with Crippen LogP contribution in [0.1, 0.15) is 25.5 Å². The van der Waals surface area contributed by atoms with Gasteiger partial charge in [-0.3, -0.25) is 10.1 Å². The molecule has 0 aromatic heterocycles. The van der Waals surface area contributed by atoms with Gasteiger partial charge < -0.3 is 9.47 Å². The van der Waals surface area contributed by atoms with Crippen molar-refractivity contribution >= 4 is 15.7 Å². The molecule has 0 heterocycles. The van der Waals surface area contributed by atoms with Crippen LogP contribution in [0.4, 0.5) is 5.69 Å². The van der Waals surface area contributed by atoms with E-state index >= 15 is 0 Å². The van der Waals surface area contributed by atoms with Gasteiger partial charge in [0.1, 0.15) is 16.4 Å². The zero-order valence-electron chi connectivity index (χ0n) is 14.6. The highest BCUT2D eigenvalue weighted by Crippen LogP contribution is 2.29. The van der Waals surface area contributed by atoms with Crippen LogP contribution in [0.15, 0.2) is 47.4 Å².